The van der Waals surface area contributed by atoms with Crippen molar-refractivity contribution in [1.29, 1.82) is 0 Å². The Bertz CT molecular complexity index is 350. The first-order valence-electron chi connectivity index (χ1n) is 4.75. The van der Waals surface area contributed by atoms with Gasteiger partial charge in [-0.15, -0.1) is 11.6 Å². The highest BCUT2D eigenvalue weighted by Crippen LogP contribution is 2.17. The van der Waals surface area contributed by atoms with E-state index in [4.69, 9.17) is 11.6 Å². The maximum absolute atomic E-state index is 12.9. The maximum atomic E-state index is 12.9. The Morgan fingerprint density at radius 2 is 1.80 bits per heavy atom. The van der Waals surface area contributed by atoms with Crippen molar-refractivity contribution in [2.24, 2.45) is 5.92 Å². The smallest absolute Gasteiger partial charge is 0.126 e. The fourth-order valence-corrected chi connectivity index (χ4v) is 1.62. The lowest BCUT2D eigenvalue weighted by atomic mass is 10.0. The molecule has 0 bridgehead atoms. The van der Waals surface area contributed by atoms with Crippen molar-refractivity contribution < 1.29 is 8.78 Å². The molecule has 0 radical (unpaired) electrons. The first kappa shape index (κ1) is 12.2. The first-order valence-corrected chi connectivity index (χ1v) is 5.29. The van der Waals surface area contributed by atoms with Crippen LogP contribution in [0.5, 0.6) is 0 Å². The molecule has 0 unspecified atom stereocenters. The van der Waals surface area contributed by atoms with Crippen LogP contribution in [0, 0.1) is 17.6 Å². The van der Waals surface area contributed by atoms with Crippen molar-refractivity contribution >= 4 is 17.7 Å². The van der Waals surface area contributed by atoms with Crippen LogP contribution in [0.4, 0.5) is 8.78 Å². The Morgan fingerprint density at radius 1 is 1.27 bits per heavy atom. The third-order valence-electron chi connectivity index (χ3n) is 2.13. The molecule has 15 heavy (non-hydrogen) atoms. The van der Waals surface area contributed by atoms with Crippen LogP contribution in [0.2, 0.25) is 0 Å². The van der Waals surface area contributed by atoms with Crippen LogP contribution in [0.25, 0.3) is 6.08 Å². The van der Waals surface area contributed by atoms with E-state index >= 15 is 0 Å². The second-order valence-electron chi connectivity index (χ2n) is 3.71. The summed E-state index contributed by atoms with van der Waals surface area (Å²) in [7, 11) is 0. The molecule has 0 aliphatic rings. The van der Waals surface area contributed by atoms with Crippen LogP contribution in [0.1, 0.15) is 19.4 Å². The molecule has 0 heterocycles. The van der Waals surface area contributed by atoms with Crippen LogP contribution in [-0.4, -0.2) is 5.88 Å². The van der Waals surface area contributed by atoms with E-state index in [-0.39, 0.29) is 5.92 Å². The fraction of sp³-hybridized carbons (Fsp3) is 0.333. The minimum atomic E-state index is -0.570. The van der Waals surface area contributed by atoms with Crippen molar-refractivity contribution in [3.63, 3.8) is 0 Å². The van der Waals surface area contributed by atoms with E-state index in [1.807, 2.05) is 13.8 Å². The molecule has 0 saturated heterocycles. The highest BCUT2D eigenvalue weighted by Gasteiger charge is 2.03. The predicted molar refractivity (Wildman–Crippen MR) is 59.9 cm³/mol. The first-order chi connectivity index (χ1) is 7.02. The number of hydrogen-bond donors (Lipinski definition) is 0. The van der Waals surface area contributed by atoms with Gasteiger partial charge in [0.25, 0.3) is 0 Å². The van der Waals surface area contributed by atoms with E-state index in [0.717, 1.165) is 11.6 Å². The van der Waals surface area contributed by atoms with Crippen LogP contribution in [0.15, 0.2) is 23.8 Å². The fourth-order valence-electron chi connectivity index (χ4n) is 1.23. The monoisotopic (exact) mass is 230 g/mol. The van der Waals surface area contributed by atoms with Gasteiger partial charge in [-0.05, 0) is 23.6 Å². The summed E-state index contributed by atoms with van der Waals surface area (Å²) in [5.41, 5.74) is 1.47. The topological polar surface area (TPSA) is 0 Å². The third kappa shape index (κ3) is 3.63. The van der Waals surface area contributed by atoms with Crippen LogP contribution in [0.3, 0.4) is 0 Å². The molecular formula is C12H13ClF2. The molecule has 0 saturated carbocycles. The van der Waals surface area contributed by atoms with Gasteiger partial charge in [-0.3, -0.25) is 0 Å². The zero-order chi connectivity index (χ0) is 11.4. The second kappa shape index (κ2) is 5.26. The lowest BCUT2D eigenvalue weighted by Gasteiger charge is -2.07. The number of halogens is 3. The van der Waals surface area contributed by atoms with E-state index in [1.54, 1.807) is 6.08 Å². The van der Waals surface area contributed by atoms with E-state index < -0.39 is 11.6 Å². The molecule has 82 valence electrons. The number of benzene rings is 1. The standard InChI is InChI=1S/C12H13ClF2/c1-8(2)10(7-13)3-9-4-11(14)6-12(15)5-9/h3-6,8H,7H2,1-2H3/b10-3+. The summed E-state index contributed by atoms with van der Waals surface area (Å²) in [5.74, 6) is -0.498. The second-order valence-corrected chi connectivity index (χ2v) is 3.98. The van der Waals surface area contributed by atoms with E-state index in [9.17, 15) is 8.78 Å². The van der Waals surface area contributed by atoms with Crippen molar-refractivity contribution in [1.82, 2.24) is 0 Å². The van der Waals surface area contributed by atoms with Gasteiger partial charge in [0, 0.05) is 11.9 Å². The predicted octanol–water partition coefficient (Wildman–Crippen LogP) is 4.24. The van der Waals surface area contributed by atoms with Gasteiger partial charge in [-0.1, -0.05) is 25.5 Å². The number of alkyl halides is 1. The average molecular weight is 231 g/mol. The van der Waals surface area contributed by atoms with Gasteiger partial charge in [-0.25, -0.2) is 8.78 Å². The normalized spacial score (nSPS) is 12.3. The molecule has 1 aromatic carbocycles. The Hall–Kier alpha value is -0.890. The molecule has 0 N–H and O–H groups in total. The van der Waals surface area contributed by atoms with Crippen LogP contribution < -0.4 is 0 Å². The molecule has 0 spiro atoms. The van der Waals surface area contributed by atoms with Crippen molar-refractivity contribution in [3.8, 4) is 0 Å². The lowest BCUT2D eigenvalue weighted by molar-refractivity contribution is 0.582. The molecule has 0 amide bonds. The average Bonchev–Trinajstić information content (AvgIpc) is 2.12. The largest absolute Gasteiger partial charge is 0.207 e. The molecule has 0 aliphatic heterocycles. The Balaban J connectivity index is 3.05. The van der Waals surface area contributed by atoms with Gasteiger partial charge in [0.2, 0.25) is 0 Å². The molecule has 1 rings (SSSR count). The minimum absolute atomic E-state index is 0.272. The molecule has 1 aromatic rings. The van der Waals surface area contributed by atoms with Crippen molar-refractivity contribution in [3.05, 3.63) is 41.0 Å². The summed E-state index contributed by atoms with van der Waals surface area (Å²) in [6, 6.07) is 3.43. The molecule has 0 aromatic heterocycles. The molecule has 3 heteroatoms. The third-order valence-corrected chi connectivity index (χ3v) is 2.44. The van der Waals surface area contributed by atoms with Gasteiger partial charge in [0.05, 0.1) is 0 Å². The number of hydrogen-bond acceptors (Lipinski definition) is 0. The van der Waals surface area contributed by atoms with Crippen molar-refractivity contribution in [2.75, 3.05) is 5.88 Å². The van der Waals surface area contributed by atoms with Crippen LogP contribution >= 0.6 is 11.6 Å². The van der Waals surface area contributed by atoms with Gasteiger partial charge in [-0.2, -0.15) is 0 Å². The summed E-state index contributed by atoms with van der Waals surface area (Å²) in [6.45, 7) is 3.98. The quantitative estimate of drug-likeness (QED) is 0.682. The summed E-state index contributed by atoms with van der Waals surface area (Å²) >= 11 is 5.74. The molecule has 0 nitrogen and oxygen atoms in total. The summed E-state index contributed by atoms with van der Waals surface area (Å²) in [6.07, 6.45) is 1.73. The molecular weight excluding hydrogens is 218 g/mol. The van der Waals surface area contributed by atoms with Crippen molar-refractivity contribution in [2.45, 2.75) is 13.8 Å². The Morgan fingerprint density at radius 3 is 2.20 bits per heavy atom. The molecule has 0 atom stereocenters. The maximum Gasteiger partial charge on any atom is 0.126 e. The summed E-state index contributed by atoms with van der Waals surface area (Å²) in [5, 5.41) is 0. The van der Waals surface area contributed by atoms with Gasteiger partial charge in [0.1, 0.15) is 11.6 Å². The molecule has 0 fully saturated rings. The zero-order valence-corrected chi connectivity index (χ0v) is 9.48. The van der Waals surface area contributed by atoms with E-state index in [1.165, 1.54) is 12.1 Å². The van der Waals surface area contributed by atoms with E-state index in [2.05, 4.69) is 0 Å². The lowest BCUT2D eigenvalue weighted by Crippen LogP contribution is -1.95. The molecule has 0 aliphatic carbocycles. The highest BCUT2D eigenvalue weighted by atomic mass is 35.5. The highest BCUT2D eigenvalue weighted by molar-refractivity contribution is 6.19. The zero-order valence-electron chi connectivity index (χ0n) is 8.73. The number of allylic oxidation sites excluding steroid dienone is 1. The van der Waals surface area contributed by atoms with E-state index in [0.29, 0.717) is 11.4 Å². The van der Waals surface area contributed by atoms with Gasteiger partial charge < -0.3 is 0 Å². The minimum Gasteiger partial charge on any atom is -0.207 e. The number of rotatable bonds is 3. The van der Waals surface area contributed by atoms with Crippen LogP contribution in [-0.2, 0) is 0 Å². The Kier molecular flexibility index (Phi) is 4.28. The van der Waals surface area contributed by atoms with Gasteiger partial charge in [0.15, 0.2) is 0 Å². The summed E-state index contributed by atoms with van der Waals surface area (Å²) in [4.78, 5) is 0. The van der Waals surface area contributed by atoms with Gasteiger partial charge >= 0.3 is 0 Å². The summed E-state index contributed by atoms with van der Waals surface area (Å²) < 4.78 is 25.8. The SMILES string of the molecule is CC(C)/C(=C/c1cc(F)cc(F)c1)CCl. The Labute approximate surface area is 93.6 Å².